The molecule has 0 aliphatic carbocycles. The van der Waals surface area contributed by atoms with Crippen molar-refractivity contribution in [1.82, 2.24) is 10.2 Å². The predicted octanol–water partition coefficient (Wildman–Crippen LogP) is -0.711. The molecule has 1 saturated heterocycles. The summed E-state index contributed by atoms with van der Waals surface area (Å²) in [6.07, 6.45) is 1.05. The molecule has 0 amide bonds. The monoisotopic (exact) mass is 246 g/mol. The van der Waals surface area contributed by atoms with Crippen molar-refractivity contribution in [3.05, 3.63) is 0 Å². The standard InChI is InChI=1S/C12H26N2O3/c1-2-13-9-12(3-8-17-11-12)10-14(4-6-15)5-7-16/h13,15-16H,2-11H2,1H3. The van der Waals surface area contributed by atoms with Crippen LogP contribution in [0.5, 0.6) is 0 Å². The molecule has 0 radical (unpaired) electrons. The van der Waals surface area contributed by atoms with E-state index in [2.05, 4.69) is 17.1 Å². The van der Waals surface area contributed by atoms with E-state index in [1.165, 1.54) is 0 Å². The molecule has 17 heavy (non-hydrogen) atoms. The highest BCUT2D eigenvalue weighted by atomic mass is 16.5. The number of aliphatic hydroxyl groups is 2. The lowest BCUT2D eigenvalue weighted by Crippen LogP contribution is -2.46. The predicted molar refractivity (Wildman–Crippen MR) is 67.0 cm³/mol. The minimum Gasteiger partial charge on any atom is -0.395 e. The summed E-state index contributed by atoms with van der Waals surface area (Å²) in [6.45, 7) is 7.98. The zero-order valence-electron chi connectivity index (χ0n) is 10.8. The van der Waals surface area contributed by atoms with Crippen molar-refractivity contribution < 1.29 is 14.9 Å². The Hall–Kier alpha value is -0.200. The Labute approximate surface area is 104 Å². The van der Waals surface area contributed by atoms with Gasteiger partial charge in [0.2, 0.25) is 0 Å². The zero-order chi connectivity index (χ0) is 12.6. The first kappa shape index (κ1) is 14.9. The maximum Gasteiger partial charge on any atom is 0.0558 e. The van der Waals surface area contributed by atoms with Gasteiger partial charge in [-0.1, -0.05) is 6.92 Å². The van der Waals surface area contributed by atoms with Crippen LogP contribution in [0.25, 0.3) is 0 Å². The highest BCUT2D eigenvalue weighted by Crippen LogP contribution is 2.29. The molecule has 1 aliphatic heterocycles. The molecule has 0 spiro atoms. The third-order valence-corrected chi connectivity index (χ3v) is 3.33. The van der Waals surface area contributed by atoms with E-state index in [-0.39, 0.29) is 18.6 Å². The van der Waals surface area contributed by atoms with Crippen LogP contribution >= 0.6 is 0 Å². The fourth-order valence-electron chi connectivity index (χ4n) is 2.39. The van der Waals surface area contributed by atoms with Gasteiger partial charge < -0.3 is 20.3 Å². The summed E-state index contributed by atoms with van der Waals surface area (Å²) < 4.78 is 5.52. The van der Waals surface area contributed by atoms with E-state index in [9.17, 15) is 0 Å². The van der Waals surface area contributed by atoms with Crippen LogP contribution in [0.4, 0.5) is 0 Å². The largest absolute Gasteiger partial charge is 0.395 e. The van der Waals surface area contributed by atoms with Gasteiger partial charge in [-0.05, 0) is 13.0 Å². The second-order valence-corrected chi connectivity index (χ2v) is 4.81. The molecule has 5 nitrogen and oxygen atoms in total. The summed E-state index contributed by atoms with van der Waals surface area (Å²) in [7, 11) is 0. The summed E-state index contributed by atoms with van der Waals surface area (Å²) >= 11 is 0. The molecule has 102 valence electrons. The van der Waals surface area contributed by atoms with Crippen molar-refractivity contribution in [2.24, 2.45) is 5.41 Å². The second-order valence-electron chi connectivity index (χ2n) is 4.81. The Morgan fingerprint density at radius 1 is 1.29 bits per heavy atom. The average Bonchev–Trinajstić information content (AvgIpc) is 2.76. The number of aliphatic hydroxyl groups excluding tert-OH is 2. The van der Waals surface area contributed by atoms with E-state index in [0.717, 1.165) is 39.3 Å². The third kappa shape index (κ3) is 4.89. The van der Waals surface area contributed by atoms with Crippen molar-refractivity contribution in [1.29, 1.82) is 0 Å². The van der Waals surface area contributed by atoms with Crippen LogP contribution < -0.4 is 5.32 Å². The first-order valence-electron chi connectivity index (χ1n) is 6.49. The van der Waals surface area contributed by atoms with Crippen molar-refractivity contribution in [3.8, 4) is 0 Å². The lowest BCUT2D eigenvalue weighted by atomic mass is 9.86. The quantitative estimate of drug-likeness (QED) is 0.501. The minimum atomic E-state index is 0.137. The number of nitrogens with zero attached hydrogens (tertiary/aromatic N) is 1. The van der Waals surface area contributed by atoms with Gasteiger partial charge in [0.05, 0.1) is 19.8 Å². The van der Waals surface area contributed by atoms with E-state index in [0.29, 0.717) is 13.1 Å². The van der Waals surface area contributed by atoms with Gasteiger partial charge in [-0.2, -0.15) is 0 Å². The molecule has 0 aromatic carbocycles. The maximum absolute atomic E-state index is 9.03. The first-order valence-corrected chi connectivity index (χ1v) is 6.49. The summed E-state index contributed by atoms with van der Waals surface area (Å²) in [5.41, 5.74) is 0.139. The minimum absolute atomic E-state index is 0.137. The fraction of sp³-hybridized carbons (Fsp3) is 1.00. The summed E-state index contributed by atoms with van der Waals surface area (Å²) in [5.74, 6) is 0. The molecule has 0 saturated carbocycles. The van der Waals surface area contributed by atoms with Crippen LogP contribution in [0.15, 0.2) is 0 Å². The average molecular weight is 246 g/mol. The number of hydrogen-bond acceptors (Lipinski definition) is 5. The van der Waals surface area contributed by atoms with Gasteiger partial charge in [-0.25, -0.2) is 0 Å². The number of nitrogens with one attached hydrogen (secondary N) is 1. The highest BCUT2D eigenvalue weighted by molar-refractivity contribution is 4.88. The van der Waals surface area contributed by atoms with Gasteiger partial charge in [0.15, 0.2) is 0 Å². The molecule has 1 fully saturated rings. The van der Waals surface area contributed by atoms with Crippen LogP contribution in [0.1, 0.15) is 13.3 Å². The van der Waals surface area contributed by atoms with Crippen LogP contribution in [0, 0.1) is 5.41 Å². The van der Waals surface area contributed by atoms with Crippen LogP contribution in [0.3, 0.4) is 0 Å². The molecule has 1 heterocycles. The zero-order valence-corrected chi connectivity index (χ0v) is 10.8. The van der Waals surface area contributed by atoms with Crippen molar-refractivity contribution in [2.75, 3.05) is 59.2 Å². The van der Waals surface area contributed by atoms with E-state index in [4.69, 9.17) is 14.9 Å². The Morgan fingerprint density at radius 2 is 2.00 bits per heavy atom. The van der Waals surface area contributed by atoms with Crippen LogP contribution in [-0.4, -0.2) is 74.3 Å². The van der Waals surface area contributed by atoms with Crippen LogP contribution in [0.2, 0.25) is 0 Å². The number of ether oxygens (including phenoxy) is 1. The van der Waals surface area contributed by atoms with E-state index >= 15 is 0 Å². The molecule has 0 aromatic rings. The Kier molecular flexibility index (Phi) is 6.99. The SMILES string of the molecule is CCNCC1(CN(CCO)CCO)CCOC1. The van der Waals surface area contributed by atoms with Crippen molar-refractivity contribution in [3.63, 3.8) is 0 Å². The van der Waals surface area contributed by atoms with Gasteiger partial charge >= 0.3 is 0 Å². The Morgan fingerprint density at radius 3 is 2.47 bits per heavy atom. The summed E-state index contributed by atoms with van der Waals surface area (Å²) in [5, 5.41) is 21.4. The smallest absolute Gasteiger partial charge is 0.0558 e. The summed E-state index contributed by atoms with van der Waals surface area (Å²) in [6, 6.07) is 0. The number of rotatable bonds is 9. The fourth-order valence-corrected chi connectivity index (χ4v) is 2.39. The van der Waals surface area contributed by atoms with E-state index < -0.39 is 0 Å². The molecular weight excluding hydrogens is 220 g/mol. The Balaban J connectivity index is 2.50. The molecular formula is C12H26N2O3. The van der Waals surface area contributed by atoms with Crippen LogP contribution in [-0.2, 0) is 4.74 Å². The normalized spacial score (nSPS) is 24.7. The van der Waals surface area contributed by atoms with Crippen molar-refractivity contribution >= 4 is 0 Å². The van der Waals surface area contributed by atoms with Gasteiger partial charge in [0.25, 0.3) is 0 Å². The molecule has 0 bridgehead atoms. The second kappa shape index (κ2) is 8.00. The molecule has 1 unspecified atom stereocenters. The lowest BCUT2D eigenvalue weighted by molar-refractivity contribution is 0.0856. The van der Waals surface area contributed by atoms with Gasteiger partial charge in [-0.3, -0.25) is 4.90 Å². The van der Waals surface area contributed by atoms with Gasteiger partial charge in [-0.15, -0.1) is 0 Å². The van der Waals surface area contributed by atoms with E-state index in [1.54, 1.807) is 0 Å². The topological polar surface area (TPSA) is 65.0 Å². The van der Waals surface area contributed by atoms with Crippen molar-refractivity contribution in [2.45, 2.75) is 13.3 Å². The van der Waals surface area contributed by atoms with Gasteiger partial charge in [0.1, 0.15) is 0 Å². The molecule has 3 N–H and O–H groups in total. The van der Waals surface area contributed by atoms with E-state index in [1.807, 2.05) is 0 Å². The third-order valence-electron chi connectivity index (χ3n) is 3.33. The lowest BCUT2D eigenvalue weighted by Gasteiger charge is -2.34. The molecule has 1 rings (SSSR count). The maximum atomic E-state index is 9.03. The van der Waals surface area contributed by atoms with Gasteiger partial charge in [0, 0.05) is 38.2 Å². The summed E-state index contributed by atoms with van der Waals surface area (Å²) in [4.78, 5) is 2.12. The molecule has 5 heteroatoms. The number of hydrogen-bond donors (Lipinski definition) is 3. The molecule has 1 aliphatic rings. The Bertz CT molecular complexity index is 190. The highest BCUT2D eigenvalue weighted by Gasteiger charge is 2.35. The molecule has 1 atom stereocenters. The first-order chi connectivity index (χ1) is 8.26. The molecule has 0 aromatic heterocycles.